The number of nitrogens with zero attached hydrogens (tertiary/aromatic N) is 2. The summed E-state index contributed by atoms with van der Waals surface area (Å²) in [6.07, 6.45) is -1.11. The molecular weight excluding hydrogens is 536 g/mol. The van der Waals surface area contributed by atoms with Crippen molar-refractivity contribution in [1.29, 1.82) is 0 Å². The van der Waals surface area contributed by atoms with Crippen molar-refractivity contribution in [2.45, 2.75) is 83.7 Å². The van der Waals surface area contributed by atoms with Gasteiger partial charge in [0, 0.05) is 7.05 Å². The van der Waals surface area contributed by atoms with Crippen LogP contribution in [0.3, 0.4) is 0 Å². The monoisotopic (exact) mass is 572 g/mol. The molecule has 2 rings (SSSR count). The highest BCUT2D eigenvalue weighted by Gasteiger charge is 2.39. The Morgan fingerprint density at radius 1 is 0.821 bits per heavy atom. The Bertz CT molecular complexity index is 979. The first-order valence-electron chi connectivity index (χ1n) is 12.7. The Balaban J connectivity index is 1.83. The molecule has 2 fully saturated rings. The normalized spacial score (nSPS) is 21.9. The Labute approximate surface area is 231 Å². The first kappa shape index (κ1) is 32.1. The number of hydrogen-bond donors (Lipinski definition) is 0. The second-order valence-electron chi connectivity index (χ2n) is 9.02. The minimum absolute atomic E-state index is 0.105. The number of esters is 5. The number of likely N-dealkylation sites (tertiary alicyclic amines) is 1. The quantitative estimate of drug-likeness (QED) is 0.197. The van der Waals surface area contributed by atoms with E-state index >= 15 is 0 Å². The lowest BCUT2D eigenvalue weighted by Gasteiger charge is -2.29. The summed E-state index contributed by atoms with van der Waals surface area (Å²) >= 11 is 1.25. The van der Waals surface area contributed by atoms with Crippen LogP contribution in [0.4, 0.5) is 0 Å². The van der Waals surface area contributed by atoms with Gasteiger partial charge in [-0.05, 0) is 60.5 Å². The van der Waals surface area contributed by atoms with Gasteiger partial charge in [0.2, 0.25) is 0 Å². The lowest BCUT2D eigenvalue weighted by atomic mass is 10.1. The fourth-order valence-electron chi connectivity index (χ4n) is 3.60. The summed E-state index contributed by atoms with van der Waals surface area (Å²) in [6.45, 7) is 8.34. The smallest absolute Gasteiger partial charge is 0.348 e. The molecule has 0 aromatic carbocycles. The molecule has 5 atom stereocenters. The molecule has 1 amide bonds. The predicted octanol–water partition coefficient (Wildman–Crippen LogP) is 1.13. The highest BCUT2D eigenvalue weighted by atomic mass is 32.2. The van der Waals surface area contributed by atoms with E-state index in [-0.39, 0.29) is 12.5 Å². The van der Waals surface area contributed by atoms with E-state index in [1.165, 1.54) is 44.4 Å². The van der Waals surface area contributed by atoms with Crippen molar-refractivity contribution >= 4 is 47.5 Å². The fourth-order valence-corrected chi connectivity index (χ4v) is 4.86. The van der Waals surface area contributed by atoms with Crippen molar-refractivity contribution in [2.75, 3.05) is 26.7 Å². The molecule has 39 heavy (non-hydrogen) atoms. The van der Waals surface area contributed by atoms with E-state index in [9.17, 15) is 28.8 Å². The van der Waals surface area contributed by atoms with Crippen molar-refractivity contribution < 1.29 is 52.5 Å². The van der Waals surface area contributed by atoms with Crippen molar-refractivity contribution in [3.63, 3.8) is 0 Å². The molecule has 218 valence electrons. The van der Waals surface area contributed by atoms with Crippen molar-refractivity contribution in [3.8, 4) is 0 Å². The topological polar surface area (TPSA) is 155 Å². The predicted molar refractivity (Wildman–Crippen MR) is 137 cm³/mol. The van der Waals surface area contributed by atoms with Gasteiger partial charge >= 0.3 is 29.8 Å². The van der Waals surface area contributed by atoms with Gasteiger partial charge in [0.25, 0.3) is 5.91 Å². The van der Waals surface area contributed by atoms with E-state index in [0.717, 1.165) is 38.4 Å². The number of carbonyl (C=O) groups is 6. The van der Waals surface area contributed by atoms with Gasteiger partial charge in [-0.15, -0.1) is 0 Å². The van der Waals surface area contributed by atoms with Gasteiger partial charge in [-0.1, -0.05) is 18.2 Å². The first-order chi connectivity index (χ1) is 18.3. The highest BCUT2D eigenvalue weighted by molar-refractivity contribution is 8.04. The molecule has 0 aliphatic carbocycles. The number of hydrogen-bond acceptors (Lipinski definition) is 13. The maximum absolute atomic E-state index is 12.6. The second-order valence-corrected chi connectivity index (χ2v) is 10.1. The summed E-state index contributed by atoms with van der Waals surface area (Å²) in [5.41, 5.74) is 0. The molecule has 5 unspecified atom stereocenters. The molecule has 2 heterocycles. The summed E-state index contributed by atoms with van der Waals surface area (Å²) < 4.78 is 24.7. The maximum Gasteiger partial charge on any atom is 0.348 e. The Kier molecular flexibility index (Phi) is 12.2. The molecule has 2 saturated heterocycles. The zero-order chi connectivity index (χ0) is 29.3. The third-order valence-electron chi connectivity index (χ3n) is 5.85. The largest absolute Gasteiger partial charge is 0.463 e. The summed E-state index contributed by atoms with van der Waals surface area (Å²) in [5, 5.41) is -0.00659. The van der Waals surface area contributed by atoms with Gasteiger partial charge in [-0.25, -0.2) is 24.0 Å². The average Bonchev–Trinajstić information content (AvgIpc) is 3.17. The molecule has 0 aromatic heterocycles. The summed E-state index contributed by atoms with van der Waals surface area (Å²) in [7, 11) is 1.57. The van der Waals surface area contributed by atoms with Crippen molar-refractivity contribution in [1.82, 2.24) is 9.80 Å². The zero-order valence-electron chi connectivity index (χ0n) is 23.0. The number of likely N-dealkylation sites (N-methyl/N-ethyl adjacent to an activating group) is 1. The second kappa shape index (κ2) is 14.9. The Morgan fingerprint density at radius 3 is 1.77 bits per heavy atom. The summed E-state index contributed by atoms with van der Waals surface area (Å²) in [4.78, 5) is 76.8. The van der Waals surface area contributed by atoms with Crippen molar-refractivity contribution in [3.05, 3.63) is 11.1 Å². The van der Waals surface area contributed by atoms with Gasteiger partial charge in [0.05, 0.1) is 17.7 Å². The lowest BCUT2D eigenvalue weighted by Crippen LogP contribution is -2.42. The molecule has 0 aromatic rings. The molecule has 0 radical (unpaired) electrons. The van der Waals surface area contributed by atoms with Crippen LogP contribution in [0, 0.1) is 0 Å². The minimum atomic E-state index is -1.44. The number of carbonyl (C=O) groups excluding carboxylic acids is 6. The molecule has 2 aliphatic rings. The van der Waals surface area contributed by atoms with Gasteiger partial charge in [-0.2, -0.15) is 0 Å². The van der Waals surface area contributed by atoms with Crippen LogP contribution >= 0.6 is 11.8 Å². The average molecular weight is 573 g/mol. The molecule has 13 nitrogen and oxygen atoms in total. The van der Waals surface area contributed by atoms with Crippen LogP contribution in [0.15, 0.2) is 11.1 Å². The number of ether oxygens (including phenoxy) is 5. The third kappa shape index (κ3) is 9.24. The standard InChI is InChI=1S/C25H36N2O11S/c1-7-34-22(30)14(2)36-24(32)16(4)38-25(33)17(5)37-23(31)15(3)35-19(28)13-18-26(6)20(29)21(39-18)27-11-9-8-10-12-27/h13-17,21H,7-12H2,1-6H3/b18-13-. The van der Waals surface area contributed by atoms with Crippen LogP contribution in [0.25, 0.3) is 0 Å². The maximum atomic E-state index is 12.6. The Morgan fingerprint density at radius 2 is 1.28 bits per heavy atom. The Hall–Kier alpha value is -3.13. The van der Waals surface area contributed by atoms with Gasteiger partial charge < -0.3 is 28.6 Å². The van der Waals surface area contributed by atoms with E-state index in [4.69, 9.17) is 23.7 Å². The van der Waals surface area contributed by atoms with Gasteiger partial charge in [-0.3, -0.25) is 9.69 Å². The molecule has 2 aliphatic heterocycles. The minimum Gasteiger partial charge on any atom is -0.463 e. The highest BCUT2D eigenvalue weighted by Crippen LogP contribution is 2.36. The molecule has 0 bridgehead atoms. The van der Waals surface area contributed by atoms with Crippen LogP contribution in [0.1, 0.15) is 53.9 Å². The molecule has 0 saturated carbocycles. The van der Waals surface area contributed by atoms with E-state index in [2.05, 4.69) is 4.90 Å². The number of thioether (sulfide) groups is 1. The van der Waals surface area contributed by atoms with Crippen LogP contribution in [-0.4, -0.2) is 102 Å². The molecule has 0 spiro atoms. The summed E-state index contributed by atoms with van der Waals surface area (Å²) in [6, 6.07) is 0. The first-order valence-corrected chi connectivity index (χ1v) is 13.6. The molecule has 0 N–H and O–H groups in total. The number of amides is 1. The third-order valence-corrected chi connectivity index (χ3v) is 7.21. The fraction of sp³-hybridized carbons (Fsp3) is 0.680. The number of piperidine rings is 1. The van der Waals surface area contributed by atoms with Crippen LogP contribution < -0.4 is 0 Å². The van der Waals surface area contributed by atoms with Gasteiger partial charge in [0.15, 0.2) is 24.4 Å². The lowest BCUT2D eigenvalue weighted by molar-refractivity contribution is -0.184. The van der Waals surface area contributed by atoms with Crippen molar-refractivity contribution in [2.24, 2.45) is 0 Å². The van der Waals surface area contributed by atoms with Crippen LogP contribution in [0.5, 0.6) is 0 Å². The van der Waals surface area contributed by atoms with Gasteiger partial charge in [0.1, 0.15) is 5.37 Å². The van der Waals surface area contributed by atoms with E-state index in [1.54, 1.807) is 14.0 Å². The van der Waals surface area contributed by atoms with E-state index in [0.29, 0.717) is 5.03 Å². The molecular formula is C25H36N2O11S. The van der Waals surface area contributed by atoms with E-state index < -0.39 is 59.6 Å². The molecule has 14 heteroatoms. The number of rotatable bonds is 11. The zero-order valence-corrected chi connectivity index (χ0v) is 23.8. The van der Waals surface area contributed by atoms with Crippen LogP contribution in [0.2, 0.25) is 0 Å². The SMILES string of the molecule is CCOC(=O)C(C)OC(=O)C(C)OC(=O)C(C)OC(=O)C(C)OC(=O)/C=C1\SC(N2CCCCC2)C(=O)N1C. The van der Waals surface area contributed by atoms with Crippen LogP contribution in [-0.2, 0) is 52.5 Å². The van der Waals surface area contributed by atoms with E-state index in [1.807, 2.05) is 0 Å². The summed E-state index contributed by atoms with van der Waals surface area (Å²) in [5.74, 6) is -4.81.